The number of pyridine rings is 1. The van der Waals surface area contributed by atoms with Gasteiger partial charge in [-0.15, -0.1) is 0 Å². The molecule has 5 nitrogen and oxygen atoms in total. The number of carbonyl (C=O) groups is 1. The van der Waals surface area contributed by atoms with Gasteiger partial charge in [-0.1, -0.05) is 6.07 Å². The highest BCUT2D eigenvalue weighted by Crippen LogP contribution is 2.35. The van der Waals surface area contributed by atoms with Gasteiger partial charge in [0.15, 0.2) is 5.78 Å². The summed E-state index contributed by atoms with van der Waals surface area (Å²) in [5.41, 5.74) is 5.59. The van der Waals surface area contributed by atoms with E-state index < -0.39 is 22.8 Å². The normalized spacial score (nSPS) is 21.7. The van der Waals surface area contributed by atoms with Crippen molar-refractivity contribution in [2.75, 3.05) is 6.61 Å². The van der Waals surface area contributed by atoms with E-state index in [0.29, 0.717) is 30.0 Å². The molecule has 1 atom stereocenters. The van der Waals surface area contributed by atoms with Crippen molar-refractivity contribution in [2.24, 2.45) is 10.7 Å². The van der Waals surface area contributed by atoms with Gasteiger partial charge < -0.3 is 10.5 Å². The fourth-order valence-electron chi connectivity index (χ4n) is 3.14. The van der Waals surface area contributed by atoms with E-state index in [-0.39, 0.29) is 17.9 Å². The standard InChI is InChI=1S/C21H23F2N3O2/c1-20(2)19(24)26-21(3,8-9-28-20)15-10-13(4-6-16(15)23)11-18(27)17-7-5-14(22)12-25-17/h4-7,10,12H,8-9,11H2,1-3H3,(H2,24,26). The maximum atomic E-state index is 14.7. The average molecular weight is 387 g/mol. The minimum atomic E-state index is -0.908. The number of ketones is 1. The van der Waals surface area contributed by atoms with Gasteiger partial charge in [0.05, 0.1) is 18.3 Å². The van der Waals surface area contributed by atoms with E-state index in [4.69, 9.17) is 10.5 Å². The van der Waals surface area contributed by atoms with Gasteiger partial charge in [-0.05, 0) is 50.6 Å². The molecule has 0 bridgehead atoms. The number of carbonyl (C=O) groups excluding carboxylic acids is 1. The van der Waals surface area contributed by atoms with Gasteiger partial charge in [-0.3, -0.25) is 14.8 Å². The monoisotopic (exact) mass is 387 g/mol. The van der Waals surface area contributed by atoms with Crippen molar-refractivity contribution in [1.82, 2.24) is 4.98 Å². The lowest BCUT2D eigenvalue weighted by Crippen LogP contribution is -2.40. The predicted molar refractivity (Wildman–Crippen MR) is 102 cm³/mol. The molecule has 1 aromatic heterocycles. The van der Waals surface area contributed by atoms with E-state index in [2.05, 4.69) is 9.98 Å². The van der Waals surface area contributed by atoms with Crippen molar-refractivity contribution >= 4 is 11.6 Å². The lowest BCUT2D eigenvalue weighted by Gasteiger charge is -2.26. The number of hydrogen-bond donors (Lipinski definition) is 1. The van der Waals surface area contributed by atoms with Crippen LogP contribution in [0.25, 0.3) is 0 Å². The van der Waals surface area contributed by atoms with Crippen LogP contribution in [0, 0.1) is 11.6 Å². The lowest BCUT2D eigenvalue weighted by atomic mass is 9.87. The van der Waals surface area contributed by atoms with Crippen molar-refractivity contribution in [3.05, 3.63) is 65.0 Å². The molecule has 0 radical (unpaired) electrons. The zero-order valence-corrected chi connectivity index (χ0v) is 16.1. The molecule has 0 amide bonds. The van der Waals surface area contributed by atoms with E-state index in [0.717, 1.165) is 6.20 Å². The second kappa shape index (κ2) is 7.39. The average Bonchev–Trinajstić information content (AvgIpc) is 2.73. The summed E-state index contributed by atoms with van der Waals surface area (Å²) in [5.74, 6) is -0.919. The molecule has 3 rings (SSSR count). The topological polar surface area (TPSA) is 77.6 Å². The van der Waals surface area contributed by atoms with Gasteiger partial charge in [-0.25, -0.2) is 8.78 Å². The summed E-state index contributed by atoms with van der Waals surface area (Å²) in [6.07, 6.45) is 1.46. The first-order chi connectivity index (χ1) is 13.1. The molecule has 1 aliphatic rings. The quantitative estimate of drug-likeness (QED) is 0.814. The van der Waals surface area contributed by atoms with Crippen molar-refractivity contribution in [3.63, 3.8) is 0 Å². The van der Waals surface area contributed by atoms with Crippen LogP contribution in [0.2, 0.25) is 0 Å². The first-order valence-electron chi connectivity index (χ1n) is 9.04. The zero-order chi connectivity index (χ0) is 20.5. The Morgan fingerprint density at radius 3 is 2.64 bits per heavy atom. The Labute approximate surface area is 162 Å². The largest absolute Gasteiger partial charge is 0.385 e. The second-order valence-corrected chi connectivity index (χ2v) is 7.66. The molecule has 0 saturated heterocycles. The molecule has 2 aromatic rings. The molecular weight excluding hydrogens is 364 g/mol. The number of nitrogens with two attached hydrogens (primary N) is 1. The molecule has 0 spiro atoms. The first kappa shape index (κ1) is 20.1. The fourth-order valence-corrected chi connectivity index (χ4v) is 3.14. The zero-order valence-electron chi connectivity index (χ0n) is 16.1. The Morgan fingerprint density at radius 2 is 1.96 bits per heavy atom. The third-order valence-corrected chi connectivity index (χ3v) is 5.02. The van der Waals surface area contributed by atoms with Crippen LogP contribution in [0.4, 0.5) is 8.78 Å². The van der Waals surface area contributed by atoms with Crippen LogP contribution >= 0.6 is 0 Å². The van der Waals surface area contributed by atoms with Gasteiger partial charge in [0.1, 0.15) is 28.8 Å². The van der Waals surface area contributed by atoms with Crippen LogP contribution in [-0.4, -0.2) is 28.8 Å². The number of aliphatic imine (C=N–C) groups is 1. The summed E-state index contributed by atoms with van der Waals surface area (Å²) in [6.45, 7) is 5.81. The minimum Gasteiger partial charge on any atom is -0.385 e. The summed E-state index contributed by atoms with van der Waals surface area (Å²) in [5, 5.41) is 0. The van der Waals surface area contributed by atoms with Gasteiger partial charge >= 0.3 is 0 Å². The highest BCUT2D eigenvalue weighted by molar-refractivity contribution is 5.95. The van der Waals surface area contributed by atoms with E-state index >= 15 is 0 Å². The van der Waals surface area contributed by atoms with Crippen molar-refractivity contribution < 1.29 is 18.3 Å². The summed E-state index contributed by atoms with van der Waals surface area (Å²) in [7, 11) is 0. The fraction of sp³-hybridized carbons (Fsp3) is 0.381. The highest BCUT2D eigenvalue weighted by Gasteiger charge is 2.36. The molecule has 0 aliphatic carbocycles. The molecule has 1 unspecified atom stereocenters. The number of Topliss-reactive ketones (excluding diaryl/α,β-unsaturated/α-hetero) is 1. The number of ether oxygens (including phenoxy) is 1. The molecular formula is C21H23F2N3O2. The molecule has 7 heteroatoms. The lowest BCUT2D eigenvalue weighted by molar-refractivity contribution is 0.0319. The number of halogens is 2. The Balaban J connectivity index is 1.92. The van der Waals surface area contributed by atoms with Gasteiger partial charge in [-0.2, -0.15) is 0 Å². The van der Waals surface area contributed by atoms with Gasteiger partial charge in [0.25, 0.3) is 0 Å². The van der Waals surface area contributed by atoms with Crippen LogP contribution in [0.1, 0.15) is 48.8 Å². The van der Waals surface area contributed by atoms with Crippen LogP contribution in [0.15, 0.2) is 41.5 Å². The van der Waals surface area contributed by atoms with Crippen LogP contribution in [0.3, 0.4) is 0 Å². The third kappa shape index (κ3) is 4.09. The van der Waals surface area contributed by atoms with E-state index in [1.165, 1.54) is 18.2 Å². The molecule has 1 aliphatic heterocycles. The summed E-state index contributed by atoms with van der Waals surface area (Å²) >= 11 is 0. The smallest absolute Gasteiger partial charge is 0.185 e. The summed E-state index contributed by atoms with van der Waals surface area (Å²) in [4.78, 5) is 20.8. The highest BCUT2D eigenvalue weighted by atomic mass is 19.1. The van der Waals surface area contributed by atoms with Crippen molar-refractivity contribution in [1.29, 1.82) is 0 Å². The number of benzene rings is 1. The molecule has 2 N–H and O–H groups in total. The summed E-state index contributed by atoms with van der Waals surface area (Å²) < 4.78 is 33.4. The Hall–Kier alpha value is -2.67. The van der Waals surface area contributed by atoms with E-state index in [1.807, 2.05) is 13.8 Å². The number of amidine groups is 1. The van der Waals surface area contributed by atoms with Crippen LogP contribution in [-0.2, 0) is 16.7 Å². The number of nitrogens with zero attached hydrogens (tertiary/aromatic N) is 2. The molecule has 0 saturated carbocycles. The van der Waals surface area contributed by atoms with Crippen molar-refractivity contribution in [3.8, 4) is 0 Å². The van der Waals surface area contributed by atoms with Crippen LogP contribution in [0.5, 0.6) is 0 Å². The van der Waals surface area contributed by atoms with Crippen LogP contribution < -0.4 is 5.73 Å². The Morgan fingerprint density at radius 1 is 1.21 bits per heavy atom. The maximum Gasteiger partial charge on any atom is 0.185 e. The Kier molecular flexibility index (Phi) is 5.30. The van der Waals surface area contributed by atoms with Gasteiger partial charge in [0, 0.05) is 18.4 Å². The molecule has 148 valence electrons. The molecule has 1 aromatic carbocycles. The number of aromatic nitrogens is 1. The second-order valence-electron chi connectivity index (χ2n) is 7.66. The molecule has 2 heterocycles. The van der Waals surface area contributed by atoms with Gasteiger partial charge in [0.2, 0.25) is 0 Å². The van der Waals surface area contributed by atoms with E-state index in [1.54, 1.807) is 19.1 Å². The Bertz CT molecular complexity index is 926. The minimum absolute atomic E-state index is 0.0170. The first-order valence-corrected chi connectivity index (χ1v) is 9.04. The SMILES string of the molecule is CC1(C)OCCC(C)(c2cc(CC(=O)c3ccc(F)cn3)ccc2F)N=C1N. The number of rotatable bonds is 4. The molecule has 0 fully saturated rings. The molecule has 28 heavy (non-hydrogen) atoms. The summed E-state index contributed by atoms with van der Waals surface area (Å²) in [6, 6.07) is 7.02. The number of hydrogen-bond acceptors (Lipinski definition) is 5. The predicted octanol–water partition coefficient (Wildman–Crippen LogP) is 3.56. The van der Waals surface area contributed by atoms with E-state index in [9.17, 15) is 13.6 Å². The van der Waals surface area contributed by atoms with Crippen molar-refractivity contribution in [2.45, 2.75) is 44.8 Å². The third-order valence-electron chi connectivity index (χ3n) is 5.02. The maximum absolute atomic E-state index is 14.7.